The molecule has 0 spiro atoms. The smallest absolute Gasteiger partial charge is 0.234 e. The van der Waals surface area contributed by atoms with Crippen LogP contribution in [0.3, 0.4) is 0 Å². The van der Waals surface area contributed by atoms with Crippen LogP contribution in [0.25, 0.3) is 0 Å². The molecule has 0 radical (unpaired) electrons. The molecule has 2 rings (SSSR count). The summed E-state index contributed by atoms with van der Waals surface area (Å²) < 4.78 is 5.51. The molecule has 6 nitrogen and oxygen atoms in total. The molecule has 1 aromatic heterocycles. The Morgan fingerprint density at radius 3 is 3.05 bits per heavy atom. The second-order valence-corrected chi connectivity index (χ2v) is 5.13. The summed E-state index contributed by atoms with van der Waals surface area (Å²) in [4.78, 5) is 19.5. The highest BCUT2D eigenvalue weighted by Gasteiger charge is 2.20. The highest BCUT2D eigenvalue weighted by Crippen LogP contribution is 2.12. The fourth-order valence-electron chi connectivity index (χ4n) is 1.81. The predicted octanol–water partition coefficient (Wildman–Crippen LogP) is 1.20. The Balaban J connectivity index is 1.83. The number of hydrogen-bond donors (Lipinski definition) is 2. The van der Waals surface area contributed by atoms with E-state index < -0.39 is 0 Å². The van der Waals surface area contributed by atoms with E-state index in [2.05, 4.69) is 34.4 Å². The number of hydrogen-bond acceptors (Lipinski definition) is 5. The van der Waals surface area contributed by atoms with Crippen LogP contribution in [-0.2, 0) is 4.79 Å². The number of nitrogens with zero attached hydrogens (tertiary/aromatic N) is 2. The lowest BCUT2D eigenvalue weighted by Crippen LogP contribution is -2.32. The summed E-state index contributed by atoms with van der Waals surface area (Å²) in [6.07, 6.45) is 4.72. The van der Waals surface area contributed by atoms with Gasteiger partial charge in [0.05, 0.1) is 19.0 Å². The molecule has 6 heteroatoms. The summed E-state index contributed by atoms with van der Waals surface area (Å²) in [6, 6.07) is 0.175. The molecule has 0 unspecified atom stereocenters. The van der Waals surface area contributed by atoms with Gasteiger partial charge in [-0.15, -0.1) is 0 Å². The van der Waals surface area contributed by atoms with E-state index in [9.17, 15) is 4.79 Å². The van der Waals surface area contributed by atoms with Gasteiger partial charge in [0.2, 0.25) is 11.8 Å². The van der Waals surface area contributed by atoms with Crippen molar-refractivity contribution >= 4 is 11.7 Å². The van der Waals surface area contributed by atoms with Crippen molar-refractivity contribution in [3.8, 4) is 5.88 Å². The first-order valence-electron chi connectivity index (χ1n) is 6.61. The molecule has 1 aliphatic heterocycles. The molecule has 1 atom stereocenters. The zero-order valence-electron chi connectivity index (χ0n) is 11.3. The minimum Gasteiger partial charge on any atom is -0.476 e. The highest BCUT2D eigenvalue weighted by molar-refractivity contribution is 5.78. The third-order valence-electron chi connectivity index (χ3n) is 2.79. The quantitative estimate of drug-likeness (QED) is 0.807. The van der Waals surface area contributed by atoms with E-state index in [1.165, 1.54) is 0 Å². The van der Waals surface area contributed by atoms with E-state index in [0.717, 1.165) is 6.42 Å². The van der Waals surface area contributed by atoms with Crippen LogP contribution in [-0.4, -0.2) is 35.1 Å². The van der Waals surface area contributed by atoms with Gasteiger partial charge in [0.25, 0.3) is 0 Å². The molecule has 2 heterocycles. The van der Waals surface area contributed by atoms with E-state index in [-0.39, 0.29) is 11.9 Å². The highest BCUT2D eigenvalue weighted by atomic mass is 16.5. The number of carbonyl (C=O) groups is 1. The third kappa shape index (κ3) is 4.39. The Labute approximate surface area is 113 Å². The lowest BCUT2D eigenvalue weighted by molar-refractivity contribution is -0.119. The summed E-state index contributed by atoms with van der Waals surface area (Å²) in [7, 11) is 0. The normalized spacial score (nSPS) is 18.5. The Hall–Kier alpha value is -1.85. The Morgan fingerprint density at radius 1 is 1.53 bits per heavy atom. The first kappa shape index (κ1) is 13.6. The van der Waals surface area contributed by atoms with Crippen LogP contribution in [0.1, 0.15) is 26.7 Å². The Kier molecular flexibility index (Phi) is 4.54. The van der Waals surface area contributed by atoms with Crippen molar-refractivity contribution < 1.29 is 9.53 Å². The van der Waals surface area contributed by atoms with Gasteiger partial charge in [-0.2, -0.15) is 4.98 Å². The molecule has 0 aliphatic carbocycles. The van der Waals surface area contributed by atoms with Crippen LogP contribution >= 0.6 is 0 Å². The van der Waals surface area contributed by atoms with Crippen molar-refractivity contribution in [1.82, 2.24) is 15.3 Å². The average molecular weight is 264 g/mol. The molecule has 1 saturated heterocycles. The van der Waals surface area contributed by atoms with E-state index in [1.54, 1.807) is 12.4 Å². The molecule has 1 aromatic rings. The molecule has 1 aliphatic rings. The van der Waals surface area contributed by atoms with E-state index in [0.29, 0.717) is 37.2 Å². The fourth-order valence-corrected chi connectivity index (χ4v) is 1.81. The van der Waals surface area contributed by atoms with E-state index >= 15 is 0 Å². The molecular formula is C13H20N4O2. The molecule has 2 N–H and O–H groups in total. The first-order chi connectivity index (χ1) is 9.13. The summed E-state index contributed by atoms with van der Waals surface area (Å²) in [6.45, 7) is 5.45. The maximum Gasteiger partial charge on any atom is 0.234 e. The SMILES string of the molecule is CC(C)COc1cncc(NC[C@H]2CCC(=O)N2)n1. The zero-order chi connectivity index (χ0) is 13.7. The largest absolute Gasteiger partial charge is 0.476 e. The maximum atomic E-state index is 11.1. The summed E-state index contributed by atoms with van der Waals surface area (Å²) in [5.74, 6) is 1.76. The van der Waals surface area contributed by atoms with Crippen LogP contribution in [0.5, 0.6) is 5.88 Å². The lowest BCUT2D eigenvalue weighted by Gasteiger charge is -2.12. The fraction of sp³-hybridized carbons (Fsp3) is 0.615. The van der Waals surface area contributed by atoms with Gasteiger partial charge in [0.1, 0.15) is 5.82 Å². The van der Waals surface area contributed by atoms with E-state index in [1.807, 2.05) is 0 Å². The third-order valence-corrected chi connectivity index (χ3v) is 2.79. The molecule has 1 amide bonds. The molecule has 0 saturated carbocycles. The second kappa shape index (κ2) is 6.36. The van der Waals surface area contributed by atoms with Crippen molar-refractivity contribution in [2.24, 2.45) is 5.92 Å². The van der Waals surface area contributed by atoms with Gasteiger partial charge in [-0.25, -0.2) is 0 Å². The summed E-state index contributed by atoms with van der Waals surface area (Å²) >= 11 is 0. The number of rotatable bonds is 6. The van der Waals surface area contributed by atoms with Crippen molar-refractivity contribution in [3.63, 3.8) is 0 Å². The van der Waals surface area contributed by atoms with Gasteiger partial charge in [-0.3, -0.25) is 9.78 Å². The maximum absolute atomic E-state index is 11.1. The van der Waals surface area contributed by atoms with Crippen molar-refractivity contribution in [3.05, 3.63) is 12.4 Å². The summed E-state index contributed by atoms with van der Waals surface area (Å²) in [5.41, 5.74) is 0. The average Bonchev–Trinajstić information content (AvgIpc) is 2.80. The molecular weight excluding hydrogens is 244 g/mol. The van der Waals surface area contributed by atoms with Crippen molar-refractivity contribution in [2.75, 3.05) is 18.5 Å². The summed E-state index contributed by atoms with van der Waals surface area (Å²) in [5, 5.41) is 6.06. The second-order valence-electron chi connectivity index (χ2n) is 5.13. The van der Waals surface area contributed by atoms with Crippen molar-refractivity contribution in [2.45, 2.75) is 32.7 Å². The number of nitrogens with one attached hydrogen (secondary N) is 2. The molecule has 1 fully saturated rings. The Morgan fingerprint density at radius 2 is 2.37 bits per heavy atom. The molecule has 0 bridgehead atoms. The minimum absolute atomic E-state index is 0.118. The molecule has 19 heavy (non-hydrogen) atoms. The van der Waals surface area contributed by atoms with Gasteiger partial charge < -0.3 is 15.4 Å². The van der Waals surface area contributed by atoms with Gasteiger partial charge in [0, 0.05) is 19.0 Å². The minimum atomic E-state index is 0.118. The Bertz CT molecular complexity index is 436. The zero-order valence-corrected chi connectivity index (χ0v) is 11.3. The number of aromatic nitrogens is 2. The van der Waals surface area contributed by atoms with Gasteiger partial charge in [-0.1, -0.05) is 13.8 Å². The van der Waals surface area contributed by atoms with Gasteiger partial charge in [-0.05, 0) is 12.3 Å². The predicted molar refractivity (Wildman–Crippen MR) is 72.0 cm³/mol. The standard InChI is InChI=1S/C13H20N4O2/c1-9(2)8-19-13-7-14-6-11(17-13)15-5-10-3-4-12(18)16-10/h6-7,9-10H,3-5,8H2,1-2H3,(H,15,17)(H,16,18)/t10-/m1/s1. The van der Waals surface area contributed by atoms with Gasteiger partial charge >= 0.3 is 0 Å². The van der Waals surface area contributed by atoms with Crippen LogP contribution in [0, 0.1) is 5.92 Å². The van der Waals surface area contributed by atoms with Crippen LogP contribution in [0.2, 0.25) is 0 Å². The number of ether oxygens (including phenoxy) is 1. The number of carbonyl (C=O) groups excluding carboxylic acids is 1. The van der Waals surface area contributed by atoms with Crippen LogP contribution in [0.4, 0.5) is 5.82 Å². The molecule has 0 aromatic carbocycles. The van der Waals surface area contributed by atoms with Crippen LogP contribution in [0.15, 0.2) is 12.4 Å². The number of amides is 1. The van der Waals surface area contributed by atoms with Gasteiger partial charge in [0.15, 0.2) is 0 Å². The number of anilines is 1. The van der Waals surface area contributed by atoms with E-state index in [4.69, 9.17) is 4.74 Å². The monoisotopic (exact) mass is 264 g/mol. The van der Waals surface area contributed by atoms with Crippen LogP contribution < -0.4 is 15.4 Å². The van der Waals surface area contributed by atoms with Crippen molar-refractivity contribution in [1.29, 1.82) is 0 Å². The lowest BCUT2D eigenvalue weighted by atomic mass is 10.2. The first-order valence-corrected chi connectivity index (χ1v) is 6.61. The topological polar surface area (TPSA) is 76.1 Å². The molecule has 104 valence electrons.